The van der Waals surface area contributed by atoms with Gasteiger partial charge in [0, 0.05) is 41.7 Å². The van der Waals surface area contributed by atoms with Gasteiger partial charge >= 0.3 is 0 Å². The molecule has 0 saturated carbocycles. The molecule has 5 heteroatoms. The zero-order valence-corrected chi connectivity index (χ0v) is 18.4. The van der Waals surface area contributed by atoms with Crippen molar-refractivity contribution in [1.29, 1.82) is 0 Å². The predicted octanol–water partition coefficient (Wildman–Crippen LogP) is 6.57. The summed E-state index contributed by atoms with van der Waals surface area (Å²) in [4.78, 5) is 15.4. The summed E-state index contributed by atoms with van der Waals surface area (Å²) >= 11 is 0. The van der Waals surface area contributed by atoms with Gasteiger partial charge in [-0.05, 0) is 60.5 Å². The summed E-state index contributed by atoms with van der Waals surface area (Å²) in [6, 6.07) is 18.3. The molecule has 0 radical (unpaired) electrons. The van der Waals surface area contributed by atoms with Crippen molar-refractivity contribution in [3.63, 3.8) is 0 Å². The van der Waals surface area contributed by atoms with E-state index in [0.717, 1.165) is 59.3 Å². The standard InChI is InChI=1S/C28H26FNO3/c29-23-14-22(15-24(17-23)30-11-4-1-5-12-30)27(31)16-21-8-9-28(26-7-3-2-6-25(21)26)33-19-20-10-13-32-18-20/h2-3,6-10,13-15,17-18H,1,4-5,11-12,16,19H2. The number of rotatable bonds is 7. The second kappa shape index (κ2) is 9.49. The van der Waals surface area contributed by atoms with E-state index in [2.05, 4.69) is 4.90 Å². The van der Waals surface area contributed by atoms with Crippen LogP contribution in [0, 0.1) is 5.82 Å². The third kappa shape index (κ3) is 4.77. The average molecular weight is 444 g/mol. The average Bonchev–Trinajstić information content (AvgIpc) is 3.37. The maximum atomic E-state index is 14.4. The maximum absolute atomic E-state index is 14.4. The molecular formula is C28H26FNO3. The van der Waals surface area contributed by atoms with Gasteiger partial charge in [-0.2, -0.15) is 0 Å². The Labute approximate surface area is 192 Å². The molecule has 33 heavy (non-hydrogen) atoms. The summed E-state index contributed by atoms with van der Waals surface area (Å²) in [5, 5.41) is 1.91. The second-order valence-corrected chi connectivity index (χ2v) is 8.53. The number of benzene rings is 3. The van der Waals surface area contributed by atoms with Gasteiger partial charge in [-0.1, -0.05) is 30.3 Å². The van der Waals surface area contributed by atoms with Crippen LogP contribution in [0.1, 0.15) is 40.7 Å². The topological polar surface area (TPSA) is 42.7 Å². The van der Waals surface area contributed by atoms with Crippen LogP contribution in [0.3, 0.4) is 0 Å². The van der Waals surface area contributed by atoms with Crippen molar-refractivity contribution in [3.05, 3.63) is 95.7 Å². The van der Waals surface area contributed by atoms with Crippen molar-refractivity contribution >= 4 is 22.2 Å². The Hall–Kier alpha value is -3.60. The van der Waals surface area contributed by atoms with Crippen LogP contribution in [0.2, 0.25) is 0 Å². The number of ether oxygens (including phenoxy) is 1. The first kappa shape index (κ1) is 21.3. The highest BCUT2D eigenvalue weighted by Gasteiger charge is 2.17. The lowest BCUT2D eigenvalue weighted by molar-refractivity contribution is 0.0993. The Kier molecular flexibility index (Phi) is 6.11. The first-order chi connectivity index (χ1) is 16.2. The quantitative estimate of drug-likeness (QED) is 0.303. The monoisotopic (exact) mass is 443 g/mol. The van der Waals surface area contributed by atoms with E-state index in [9.17, 15) is 9.18 Å². The molecule has 3 aromatic carbocycles. The fourth-order valence-corrected chi connectivity index (χ4v) is 4.49. The van der Waals surface area contributed by atoms with E-state index in [1.807, 2.05) is 48.5 Å². The summed E-state index contributed by atoms with van der Waals surface area (Å²) < 4.78 is 25.5. The Morgan fingerprint density at radius 2 is 1.79 bits per heavy atom. The summed E-state index contributed by atoms with van der Waals surface area (Å²) in [5.74, 6) is 0.292. The number of fused-ring (bicyclic) bond motifs is 1. The van der Waals surface area contributed by atoms with E-state index < -0.39 is 0 Å². The molecule has 0 bridgehead atoms. The van der Waals surface area contributed by atoms with Crippen molar-refractivity contribution in [2.75, 3.05) is 18.0 Å². The van der Waals surface area contributed by atoms with Crippen molar-refractivity contribution in [2.24, 2.45) is 0 Å². The van der Waals surface area contributed by atoms with Gasteiger partial charge < -0.3 is 14.1 Å². The molecule has 0 aliphatic carbocycles. The van der Waals surface area contributed by atoms with Crippen LogP contribution in [0.4, 0.5) is 10.1 Å². The number of hydrogen-bond donors (Lipinski definition) is 0. The van der Waals surface area contributed by atoms with Gasteiger partial charge in [0.05, 0.1) is 12.5 Å². The molecule has 0 unspecified atom stereocenters. The molecule has 1 aliphatic rings. The number of ketones is 1. The van der Waals surface area contributed by atoms with Gasteiger partial charge in [0.1, 0.15) is 18.2 Å². The molecular weight excluding hydrogens is 417 g/mol. The number of nitrogens with zero attached hydrogens (tertiary/aromatic N) is 1. The summed E-state index contributed by atoms with van der Waals surface area (Å²) in [7, 11) is 0. The van der Waals surface area contributed by atoms with Crippen LogP contribution in [-0.2, 0) is 13.0 Å². The van der Waals surface area contributed by atoms with Gasteiger partial charge in [0.15, 0.2) is 5.78 Å². The number of anilines is 1. The Morgan fingerprint density at radius 1 is 0.970 bits per heavy atom. The third-order valence-electron chi connectivity index (χ3n) is 6.23. The third-order valence-corrected chi connectivity index (χ3v) is 6.23. The molecule has 2 heterocycles. The number of carbonyl (C=O) groups excluding carboxylic acids is 1. The van der Waals surface area contributed by atoms with Gasteiger partial charge in [0.25, 0.3) is 0 Å². The fraction of sp³-hybridized carbons (Fsp3) is 0.250. The minimum Gasteiger partial charge on any atom is -0.488 e. The lowest BCUT2D eigenvalue weighted by Crippen LogP contribution is -2.29. The van der Waals surface area contributed by atoms with Crippen LogP contribution in [0.15, 0.2) is 77.6 Å². The molecule has 4 nitrogen and oxygen atoms in total. The van der Waals surface area contributed by atoms with Crippen LogP contribution in [-0.4, -0.2) is 18.9 Å². The molecule has 0 atom stereocenters. The molecule has 1 fully saturated rings. The van der Waals surface area contributed by atoms with E-state index in [4.69, 9.17) is 9.15 Å². The molecule has 4 aromatic rings. The Bertz CT molecular complexity index is 1260. The lowest BCUT2D eigenvalue weighted by atomic mass is 9.96. The fourth-order valence-electron chi connectivity index (χ4n) is 4.49. The summed E-state index contributed by atoms with van der Waals surface area (Å²) in [5.41, 5.74) is 3.06. The van der Waals surface area contributed by atoms with E-state index in [1.54, 1.807) is 12.5 Å². The van der Waals surface area contributed by atoms with Crippen LogP contribution >= 0.6 is 0 Å². The zero-order valence-electron chi connectivity index (χ0n) is 18.4. The van der Waals surface area contributed by atoms with E-state index in [0.29, 0.717) is 12.2 Å². The highest BCUT2D eigenvalue weighted by molar-refractivity contribution is 6.01. The number of hydrogen-bond acceptors (Lipinski definition) is 4. The molecule has 1 saturated heterocycles. The number of Topliss-reactive ketones (excluding diaryl/α,β-unsaturated/α-hetero) is 1. The largest absolute Gasteiger partial charge is 0.488 e. The Balaban J connectivity index is 1.39. The number of carbonyl (C=O) groups is 1. The van der Waals surface area contributed by atoms with E-state index >= 15 is 0 Å². The lowest BCUT2D eigenvalue weighted by Gasteiger charge is -2.29. The second-order valence-electron chi connectivity index (χ2n) is 8.53. The number of piperidine rings is 1. The normalized spacial score (nSPS) is 13.9. The molecule has 1 aromatic heterocycles. The van der Waals surface area contributed by atoms with E-state index in [-0.39, 0.29) is 18.0 Å². The van der Waals surface area contributed by atoms with E-state index in [1.165, 1.54) is 18.6 Å². The number of furan rings is 1. The van der Waals surface area contributed by atoms with Gasteiger partial charge in [0.2, 0.25) is 0 Å². The molecule has 168 valence electrons. The van der Waals surface area contributed by atoms with Crippen LogP contribution < -0.4 is 9.64 Å². The molecule has 5 rings (SSSR count). The molecule has 0 amide bonds. The van der Waals surface area contributed by atoms with Gasteiger partial charge in [-0.3, -0.25) is 4.79 Å². The molecule has 1 aliphatic heterocycles. The first-order valence-corrected chi connectivity index (χ1v) is 11.4. The van der Waals surface area contributed by atoms with Crippen LogP contribution in [0.25, 0.3) is 10.8 Å². The summed E-state index contributed by atoms with van der Waals surface area (Å²) in [6.45, 7) is 2.21. The Morgan fingerprint density at radius 3 is 2.58 bits per heavy atom. The zero-order chi connectivity index (χ0) is 22.6. The molecule has 0 N–H and O–H groups in total. The SMILES string of the molecule is O=C(Cc1ccc(OCc2ccoc2)c2ccccc12)c1cc(F)cc(N2CCCCC2)c1. The van der Waals surface area contributed by atoms with Crippen LogP contribution in [0.5, 0.6) is 5.75 Å². The minimum absolute atomic E-state index is 0.0926. The first-order valence-electron chi connectivity index (χ1n) is 11.4. The smallest absolute Gasteiger partial charge is 0.167 e. The van der Waals surface area contributed by atoms with Gasteiger partial charge in [-0.25, -0.2) is 4.39 Å². The highest BCUT2D eigenvalue weighted by Crippen LogP contribution is 2.31. The van der Waals surface area contributed by atoms with Crippen molar-refractivity contribution in [3.8, 4) is 5.75 Å². The van der Waals surface area contributed by atoms with Crippen molar-refractivity contribution in [1.82, 2.24) is 0 Å². The number of halogens is 1. The van der Waals surface area contributed by atoms with Crippen molar-refractivity contribution in [2.45, 2.75) is 32.3 Å². The predicted molar refractivity (Wildman–Crippen MR) is 127 cm³/mol. The van der Waals surface area contributed by atoms with Gasteiger partial charge in [-0.15, -0.1) is 0 Å². The van der Waals surface area contributed by atoms with Crippen molar-refractivity contribution < 1.29 is 18.3 Å². The summed E-state index contributed by atoms with van der Waals surface area (Å²) in [6.07, 6.45) is 6.88. The highest BCUT2D eigenvalue weighted by atomic mass is 19.1. The molecule has 0 spiro atoms. The minimum atomic E-state index is -0.366. The maximum Gasteiger partial charge on any atom is 0.167 e.